The summed E-state index contributed by atoms with van der Waals surface area (Å²) < 4.78 is 18.2. The number of ether oxygens (including phenoxy) is 3. The van der Waals surface area contributed by atoms with Gasteiger partial charge in [-0.15, -0.1) is 11.3 Å². The molecule has 0 saturated carbocycles. The average Bonchev–Trinajstić information content (AvgIpc) is 3.73. The summed E-state index contributed by atoms with van der Waals surface area (Å²) in [7, 11) is 0. The largest absolute Gasteiger partial charge is 0.492 e. The van der Waals surface area contributed by atoms with Gasteiger partial charge in [-0.25, -0.2) is 0 Å². The topological polar surface area (TPSA) is 82.1 Å². The average molecular weight is 712 g/mol. The van der Waals surface area contributed by atoms with Crippen LogP contribution in [-0.4, -0.2) is 48.9 Å². The van der Waals surface area contributed by atoms with Crippen molar-refractivity contribution in [2.45, 2.75) is 91.9 Å². The Balaban J connectivity index is 1.36. The molecule has 0 aliphatic carbocycles. The number of hydrogen-bond acceptors (Lipinski definition) is 8. The second-order valence-electron chi connectivity index (χ2n) is 13.9. The highest BCUT2D eigenvalue weighted by Crippen LogP contribution is 2.42. The van der Waals surface area contributed by atoms with Crippen molar-refractivity contribution < 1.29 is 28.6 Å². The van der Waals surface area contributed by atoms with Gasteiger partial charge in [-0.2, -0.15) is 0 Å². The van der Waals surface area contributed by atoms with E-state index in [9.17, 15) is 14.4 Å². The van der Waals surface area contributed by atoms with Crippen LogP contribution in [0.15, 0.2) is 66.7 Å². The molecule has 1 fully saturated rings. The van der Waals surface area contributed by atoms with Crippen LogP contribution in [-0.2, 0) is 9.59 Å². The minimum absolute atomic E-state index is 0.106. The van der Waals surface area contributed by atoms with E-state index in [0.29, 0.717) is 41.6 Å². The molecule has 8 heteroatoms. The van der Waals surface area contributed by atoms with Crippen LogP contribution < -0.4 is 14.2 Å². The number of rotatable bonds is 19. The van der Waals surface area contributed by atoms with E-state index >= 15 is 0 Å². The minimum atomic E-state index is -0.307. The fourth-order valence-electron chi connectivity index (χ4n) is 6.84. The number of likely N-dealkylation sites (tertiary alicyclic amines) is 1. The van der Waals surface area contributed by atoms with Crippen LogP contribution in [0.1, 0.15) is 108 Å². The fraction of sp³-hybridized carbons (Fsp3) is 0.465. The number of carbonyl (C=O) groups excluding carboxylic acids is 3. The molecule has 1 aliphatic heterocycles. The maximum Gasteiger partial charge on any atom is 0.311 e. The molecule has 5 rings (SSSR count). The van der Waals surface area contributed by atoms with Crippen molar-refractivity contribution >= 4 is 39.1 Å². The summed E-state index contributed by atoms with van der Waals surface area (Å²) in [6.45, 7) is 12.1. The third-order valence-electron chi connectivity index (χ3n) is 9.68. The number of hydrogen-bond donors (Lipinski definition) is 0. The zero-order chi connectivity index (χ0) is 36.2. The van der Waals surface area contributed by atoms with E-state index in [1.54, 1.807) is 25.1 Å². The zero-order valence-electron chi connectivity index (χ0n) is 30.7. The maximum atomic E-state index is 14.3. The van der Waals surface area contributed by atoms with E-state index in [-0.39, 0.29) is 24.1 Å². The first-order chi connectivity index (χ1) is 24.8. The predicted molar refractivity (Wildman–Crippen MR) is 206 cm³/mol. The lowest BCUT2D eigenvalue weighted by Crippen LogP contribution is -2.25. The molecule has 0 N–H and O–H groups in total. The summed E-state index contributed by atoms with van der Waals surface area (Å²) in [6.07, 6.45) is 9.79. The number of esters is 2. The molecule has 0 bridgehead atoms. The first kappa shape index (κ1) is 38.2. The standard InChI is InChI=1S/C43H53NO6S/c1-5-8-9-10-12-31(11-6-2)27-40(46)50-36-21-22-37-38(28-36)51-43(33-15-19-35(20-16-33)49-39(45)7-3)41(37)42(47)32-13-17-34(18-14-32)48-26-25-44-24-23-30(4)29-44/h13-22,28,30-31H,5-12,23-27,29H2,1-4H3. The van der Waals surface area contributed by atoms with Gasteiger partial charge in [0.25, 0.3) is 0 Å². The van der Waals surface area contributed by atoms with Crippen LogP contribution in [0, 0.1) is 11.8 Å². The molecule has 2 atom stereocenters. The number of unbranched alkanes of at least 4 members (excludes halogenated alkanes) is 3. The van der Waals surface area contributed by atoms with Gasteiger partial charge in [-0.1, -0.05) is 66.2 Å². The third-order valence-corrected chi connectivity index (χ3v) is 10.9. The Labute approximate surface area is 307 Å². The summed E-state index contributed by atoms with van der Waals surface area (Å²) in [5.74, 6) is 2.10. The molecule has 0 spiro atoms. The molecular formula is C43H53NO6S. The Kier molecular flexibility index (Phi) is 14.2. The Bertz CT molecular complexity index is 1740. The highest BCUT2D eigenvalue weighted by atomic mass is 32.1. The number of benzene rings is 3. The summed E-state index contributed by atoms with van der Waals surface area (Å²) in [5, 5.41) is 0.793. The highest BCUT2D eigenvalue weighted by molar-refractivity contribution is 7.22. The first-order valence-electron chi connectivity index (χ1n) is 18.9. The molecule has 0 radical (unpaired) electrons. The second-order valence-corrected chi connectivity index (χ2v) is 14.9. The zero-order valence-corrected chi connectivity index (χ0v) is 31.5. The Morgan fingerprint density at radius 1 is 0.824 bits per heavy atom. The molecular weight excluding hydrogens is 659 g/mol. The van der Waals surface area contributed by atoms with E-state index in [1.165, 1.54) is 37.0 Å². The van der Waals surface area contributed by atoms with Gasteiger partial charge in [0.15, 0.2) is 5.78 Å². The van der Waals surface area contributed by atoms with Crippen molar-refractivity contribution in [2.75, 3.05) is 26.2 Å². The Morgan fingerprint density at radius 2 is 1.55 bits per heavy atom. The fourth-order valence-corrected chi connectivity index (χ4v) is 8.07. The lowest BCUT2D eigenvalue weighted by atomic mass is 9.93. The summed E-state index contributed by atoms with van der Waals surface area (Å²) in [4.78, 5) is 42.5. The lowest BCUT2D eigenvalue weighted by Gasteiger charge is -2.15. The van der Waals surface area contributed by atoms with Gasteiger partial charge in [0, 0.05) is 52.0 Å². The molecule has 1 saturated heterocycles. The maximum absolute atomic E-state index is 14.3. The van der Waals surface area contributed by atoms with E-state index in [0.717, 1.165) is 77.5 Å². The van der Waals surface area contributed by atoms with Crippen LogP contribution in [0.4, 0.5) is 0 Å². The van der Waals surface area contributed by atoms with Crippen molar-refractivity contribution in [1.29, 1.82) is 0 Å². The highest BCUT2D eigenvalue weighted by Gasteiger charge is 2.23. The molecule has 51 heavy (non-hydrogen) atoms. The van der Waals surface area contributed by atoms with E-state index in [4.69, 9.17) is 14.2 Å². The third kappa shape index (κ3) is 10.7. The summed E-state index contributed by atoms with van der Waals surface area (Å²) in [6, 6.07) is 20.1. The molecule has 3 aromatic carbocycles. The number of fused-ring (bicyclic) bond motifs is 1. The van der Waals surface area contributed by atoms with Crippen molar-refractivity contribution in [3.8, 4) is 27.7 Å². The number of thiophene rings is 1. The van der Waals surface area contributed by atoms with Crippen molar-refractivity contribution in [3.63, 3.8) is 0 Å². The van der Waals surface area contributed by atoms with E-state index in [1.807, 2.05) is 48.5 Å². The van der Waals surface area contributed by atoms with Gasteiger partial charge in [-0.3, -0.25) is 19.3 Å². The van der Waals surface area contributed by atoms with Crippen molar-refractivity contribution in [3.05, 3.63) is 77.9 Å². The molecule has 2 heterocycles. The Morgan fingerprint density at radius 3 is 2.24 bits per heavy atom. The van der Waals surface area contributed by atoms with E-state index < -0.39 is 0 Å². The van der Waals surface area contributed by atoms with Gasteiger partial charge < -0.3 is 14.2 Å². The van der Waals surface area contributed by atoms with Crippen LogP contribution in [0.5, 0.6) is 17.2 Å². The summed E-state index contributed by atoms with van der Waals surface area (Å²) >= 11 is 1.48. The normalized spacial score (nSPS) is 15.2. The molecule has 2 unspecified atom stereocenters. The predicted octanol–water partition coefficient (Wildman–Crippen LogP) is 10.5. The quantitative estimate of drug-likeness (QED) is 0.0414. The van der Waals surface area contributed by atoms with Crippen LogP contribution in [0.2, 0.25) is 0 Å². The number of carbonyl (C=O) groups is 3. The molecule has 1 aromatic heterocycles. The molecule has 0 amide bonds. The molecule has 1 aliphatic rings. The Hall–Kier alpha value is -4.01. The number of ketones is 1. The smallest absolute Gasteiger partial charge is 0.311 e. The molecule has 272 valence electrons. The monoisotopic (exact) mass is 711 g/mol. The van der Waals surface area contributed by atoms with Gasteiger partial charge in [0.05, 0.1) is 0 Å². The van der Waals surface area contributed by atoms with Gasteiger partial charge >= 0.3 is 11.9 Å². The lowest BCUT2D eigenvalue weighted by molar-refractivity contribution is -0.136. The number of nitrogens with zero attached hydrogens (tertiary/aromatic N) is 1. The van der Waals surface area contributed by atoms with Gasteiger partial charge in [-0.05, 0) is 104 Å². The van der Waals surface area contributed by atoms with Gasteiger partial charge in [0.1, 0.15) is 23.9 Å². The first-order valence-corrected chi connectivity index (χ1v) is 19.7. The second kappa shape index (κ2) is 19.0. The SMILES string of the molecule is CCCCCCC(CCC)CC(=O)Oc1ccc2c(C(=O)c3ccc(OCCN4CCC(C)C4)cc3)c(-c3ccc(OC(=O)CC)cc3)sc2c1. The van der Waals surface area contributed by atoms with Crippen LogP contribution in [0.3, 0.4) is 0 Å². The van der Waals surface area contributed by atoms with Crippen LogP contribution in [0.25, 0.3) is 20.5 Å². The summed E-state index contributed by atoms with van der Waals surface area (Å²) in [5.41, 5.74) is 1.97. The minimum Gasteiger partial charge on any atom is -0.492 e. The van der Waals surface area contributed by atoms with Crippen molar-refractivity contribution in [2.24, 2.45) is 11.8 Å². The van der Waals surface area contributed by atoms with Crippen LogP contribution >= 0.6 is 11.3 Å². The van der Waals surface area contributed by atoms with E-state index in [2.05, 4.69) is 25.7 Å². The van der Waals surface area contributed by atoms with Crippen molar-refractivity contribution in [1.82, 2.24) is 4.90 Å². The molecule has 4 aromatic rings. The van der Waals surface area contributed by atoms with Gasteiger partial charge in [0.2, 0.25) is 0 Å². The molecule has 7 nitrogen and oxygen atoms in total.